The molecule has 1 atom stereocenters. The molecule has 0 amide bonds. The van der Waals surface area contributed by atoms with Gasteiger partial charge in [-0.05, 0) is 37.8 Å². The fraction of sp³-hybridized carbons (Fsp3) is 0.538. The van der Waals surface area contributed by atoms with E-state index in [2.05, 4.69) is 4.72 Å². The molecule has 3 N–H and O–H groups in total. The summed E-state index contributed by atoms with van der Waals surface area (Å²) in [5.41, 5.74) is 6.18. The summed E-state index contributed by atoms with van der Waals surface area (Å²) in [4.78, 5) is 0.0421. The van der Waals surface area contributed by atoms with Crippen LogP contribution in [0, 0.1) is 5.92 Å². The highest BCUT2D eigenvalue weighted by molar-refractivity contribution is 7.89. The van der Waals surface area contributed by atoms with Gasteiger partial charge in [0.2, 0.25) is 10.0 Å². The van der Waals surface area contributed by atoms with Crippen LogP contribution in [-0.4, -0.2) is 21.6 Å². The van der Waals surface area contributed by atoms with Crippen LogP contribution in [-0.2, 0) is 16.6 Å². The zero-order chi connectivity index (χ0) is 14.9. The van der Waals surface area contributed by atoms with Crippen molar-refractivity contribution in [2.24, 2.45) is 11.7 Å². The van der Waals surface area contributed by atoms with Gasteiger partial charge >= 0.3 is 0 Å². The van der Waals surface area contributed by atoms with E-state index in [1.807, 2.05) is 6.92 Å². The Morgan fingerprint density at radius 1 is 1.50 bits per heavy atom. The standard InChI is InChI=1S/C13H19ClN2O3S/c1-8(9-3-4-9)16-20(17,18)12-6-11(14)5-10(7-15)13(12)19-2/h5-6,8-9,16H,3-4,7,15H2,1-2H3. The van der Waals surface area contributed by atoms with Crippen LogP contribution >= 0.6 is 11.6 Å². The van der Waals surface area contributed by atoms with Gasteiger partial charge in [-0.2, -0.15) is 0 Å². The van der Waals surface area contributed by atoms with Gasteiger partial charge in [0.15, 0.2) is 0 Å². The largest absolute Gasteiger partial charge is 0.495 e. The summed E-state index contributed by atoms with van der Waals surface area (Å²) in [6.07, 6.45) is 2.12. The van der Waals surface area contributed by atoms with Crippen LogP contribution < -0.4 is 15.2 Å². The molecule has 0 heterocycles. The third kappa shape index (κ3) is 3.25. The SMILES string of the molecule is COc1c(CN)cc(Cl)cc1S(=O)(=O)NC(C)C1CC1. The molecular weight excluding hydrogens is 300 g/mol. The first-order chi connectivity index (χ1) is 9.39. The highest BCUT2D eigenvalue weighted by Gasteiger charge is 2.32. The first kappa shape index (κ1) is 15.6. The van der Waals surface area contributed by atoms with Crippen LogP contribution in [0.1, 0.15) is 25.3 Å². The van der Waals surface area contributed by atoms with Crippen LogP contribution in [0.5, 0.6) is 5.75 Å². The minimum atomic E-state index is -3.68. The summed E-state index contributed by atoms with van der Waals surface area (Å²) in [7, 11) is -2.26. The van der Waals surface area contributed by atoms with Crippen LogP contribution in [0.4, 0.5) is 0 Å². The molecule has 0 saturated heterocycles. The molecule has 20 heavy (non-hydrogen) atoms. The average Bonchev–Trinajstić information content (AvgIpc) is 3.21. The van der Waals surface area contributed by atoms with Gasteiger partial charge in [-0.1, -0.05) is 11.6 Å². The molecule has 1 aliphatic carbocycles. The third-order valence-corrected chi connectivity index (χ3v) is 5.26. The van der Waals surface area contributed by atoms with Gasteiger partial charge in [0.05, 0.1) is 7.11 Å². The second-order valence-electron chi connectivity index (χ2n) is 5.05. The molecule has 1 aliphatic rings. The van der Waals surface area contributed by atoms with Crippen LogP contribution in [0.2, 0.25) is 5.02 Å². The van der Waals surface area contributed by atoms with Crippen molar-refractivity contribution in [2.75, 3.05) is 7.11 Å². The molecule has 0 bridgehead atoms. The van der Waals surface area contributed by atoms with Crippen LogP contribution in [0.25, 0.3) is 0 Å². The van der Waals surface area contributed by atoms with E-state index in [4.69, 9.17) is 22.1 Å². The Labute approximate surface area is 124 Å². The van der Waals surface area contributed by atoms with E-state index in [1.165, 1.54) is 13.2 Å². The van der Waals surface area contributed by atoms with E-state index in [1.54, 1.807) is 6.07 Å². The number of sulfonamides is 1. The van der Waals surface area contributed by atoms with Gasteiger partial charge in [0.1, 0.15) is 10.6 Å². The number of methoxy groups -OCH3 is 1. The summed E-state index contributed by atoms with van der Waals surface area (Å²) in [5, 5.41) is 0.325. The van der Waals surface area contributed by atoms with E-state index < -0.39 is 10.0 Å². The van der Waals surface area contributed by atoms with Crippen LogP contribution in [0.15, 0.2) is 17.0 Å². The molecule has 1 saturated carbocycles. The maximum atomic E-state index is 12.5. The molecule has 1 unspecified atom stereocenters. The van der Waals surface area contributed by atoms with E-state index >= 15 is 0 Å². The molecule has 1 aromatic carbocycles. The summed E-state index contributed by atoms with van der Waals surface area (Å²) in [5.74, 6) is 0.677. The Kier molecular flexibility index (Phi) is 4.59. The highest BCUT2D eigenvalue weighted by atomic mass is 35.5. The number of nitrogens with one attached hydrogen (secondary N) is 1. The predicted molar refractivity (Wildman–Crippen MR) is 78.4 cm³/mol. The lowest BCUT2D eigenvalue weighted by atomic mass is 10.2. The van der Waals surface area contributed by atoms with Crippen molar-refractivity contribution in [2.45, 2.75) is 37.2 Å². The Morgan fingerprint density at radius 3 is 2.65 bits per heavy atom. The first-order valence-corrected chi connectivity index (χ1v) is 8.34. The summed E-state index contributed by atoms with van der Waals surface area (Å²) < 4.78 is 32.9. The third-order valence-electron chi connectivity index (χ3n) is 3.48. The lowest BCUT2D eigenvalue weighted by Crippen LogP contribution is -2.34. The second-order valence-corrected chi connectivity index (χ2v) is 7.17. The number of hydrogen-bond acceptors (Lipinski definition) is 4. The van der Waals surface area contributed by atoms with Crippen molar-refractivity contribution in [1.82, 2.24) is 4.72 Å². The van der Waals surface area contributed by atoms with Gasteiger partial charge in [-0.3, -0.25) is 0 Å². The lowest BCUT2D eigenvalue weighted by molar-refractivity contribution is 0.396. The smallest absolute Gasteiger partial charge is 0.244 e. The van der Waals surface area contributed by atoms with Gasteiger partial charge in [-0.15, -0.1) is 0 Å². The van der Waals surface area contributed by atoms with Gasteiger partial charge in [-0.25, -0.2) is 13.1 Å². The minimum Gasteiger partial charge on any atom is -0.495 e. The van der Waals surface area contributed by atoms with E-state index in [0.29, 0.717) is 16.5 Å². The fourth-order valence-electron chi connectivity index (χ4n) is 2.21. The number of rotatable bonds is 6. The van der Waals surface area contributed by atoms with Gasteiger partial charge < -0.3 is 10.5 Å². The molecule has 0 aromatic heterocycles. The van der Waals surface area contributed by atoms with E-state index in [9.17, 15) is 8.42 Å². The van der Waals surface area contributed by atoms with Crippen molar-refractivity contribution < 1.29 is 13.2 Å². The van der Waals surface area contributed by atoms with Crippen LogP contribution in [0.3, 0.4) is 0 Å². The molecule has 0 spiro atoms. The molecule has 1 fully saturated rings. The molecule has 0 radical (unpaired) electrons. The number of halogens is 1. The molecule has 2 rings (SSSR count). The van der Waals surface area contributed by atoms with Crippen molar-refractivity contribution >= 4 is 21.6 Å². The molecule has 0 aliphatic heterocycles. The number of benzene rings is 1. The monoisotopic (exact) mass is 318 g/mol. The second kappa shape index (κ2) is 5.89. The van der Waals surface area contributed by atoms with Crippen molar-refractivity contribution in [3.63, 3.8) is 0 Å². The van der Waals surface area contributed by atoms with Gasteiger partial charge in [0, 0.05) is 23.2 Å². The fourth-order valence-corrected chi connectivity index (χ4v) is 4.06. The normalized spacial score (nSPS) is 17.0. The molecule has 7 heteroatoms. The topological polar surface area (TPSA) is 81.4 Å². The first-order valence-electron chi connectivity index (χ1n) is 6.48. The maximum absolute atomic E-state index is 12.5. The van der Waals surface area contributed by atoms with Crippen molar-refractivity contribution in [3.8, 4) is 5.75 Å². The maximum Gasteiger partial charge on any atom is 0.244 e. The summed E-state index contributed by atoms with van der Waals surface area (Å²) in [6, 6.07) is 2.91. The highest BCUT2D eigenvalue weighted by Crippen LogP contribution is 2.35. The molecule has 1 aromatic rings. The Balaban J connectivity index is 2.41. The summed E-state index contributed by atoms with van der Waals surface area (Å²) >= 11 is 5.97. The van der Waals surface area contributed by atoms with Crippen molar-refractivity contribution in [1.29, 1.82) is 0 Å². The van der Waals surface area contributed by atoms with E-state index in [0.717, 1.165) is 12.8 Å². The number of hydrogen-bond donors (Lipinski definition) is 2. The molecule has 112 valence electrons. The summed E-state index contributed by atoms with van der Waals surface area (Å²) in [6.45, 7) is 2.03. The minimum absolute atomic E-state index is 0.0421. The number of ether oxygens (including phenoxy) is 1. The van der Waals surface area contributed by atoms with Gasteiger partial charge in [0.25, 0.3) is 0 Å². The Bertz CT molecular complexity index is 600. The zero-order valence-electron chi connectivity index (χ0n) is 11.5. The molecular formula is C13H19ClN2O3S. The molecule has 5 nitrogen and oxygen atoms in total. The van der Waals surface area contributed by atoms with Crippen molar-refractivity contribution in [3.05, 3.63) is 22.7 Å². The Morgan fingerprint density at radius 2 is 2.15 bits per heavy atom. The Hall–Kier alpha value is -0.820. The average molecular weight is 319 g/mol. The quantitative estimate of drug-likeness (QED) is 0.839. The zero-order valence-corrected chi connectivity index (χ0v) is 13.1. The predicted octanol–water partition coefficient (Wildman–Crippen LogP) is 1.88. The number of nitrogens with two attached hydrogens (primary N) is 1. The van der Waals surface area contributed by atoms with E-state index in [-0.39, 0.29) is 23.2 Å². The lowest BCUT2D eigenvalue weighted by Gasteiger charge is -2.17.